The van der Waals surface area contributed by atoms with E-state index in [1.54, 1.807) is 0 Å². The first-order chi connectivity index (χ1) is 25.3. The molecule has 0 aromatic heterocycles. The zero-order valence-corrected chi connectivity index (χ0v) is 28.9. The number of ether oxygens (including phenoxy) is 9. The van der Waals surface area contributed by atoms with E-state index in [4.69, 9.17) is 42.6 Å². The molecule has 4 rings (SSSR count). The van der Waals surface area contributed by atoms with Crippen LogP contribution in [0.4, 0.5) is 0 Å². The van der Waals surface area contributed by atoms with Gasteiger partial charge >= 0.3 is 11.9 Å². The molecule has 2 fully saturated rings. The van der Waals surface area contributed by atoms with Gasteiger partial charge in [-0.1, -0.05) is 0 Å². The maximum Gasteiger partial charge on any atom is 0.333 e. The van der Waals surface area contributed by atoms with Crippen LogP contribution in [0.3, 0.4) is 0 Å². The van der Waals surface area contributed by atoms with Crippen LogP contribution in [0, 0.1) is 0 Å². The van der Waals surface area contributed by atoms with Crippen molar-refractivity contribution in [1.82, 2.24) is 0 Å². The molecule has 0 saturated carbocycles. The van der Waals surface area contributed by atoms with E-state index in [9.17, 15) is 50.4 Å². The molecule has 2 aliphatic rings. The van der Waals surface area contributed by atoms with E-state index in [2.05, 4.69) is 0 Å². The Balaban J connectivity index is 1.54. The summed E-state index contributed by atoms with van der Waals surface area (Å²) in [5.74, 6) is -2.50. The first-order valence-corrected chi connectivity index (χ1v) is 15.9. The van der Waals surface area contributed by atoms with Crippen molar-refractivity contribution in [1.29, 1.82) is 0 Å². The van der Waals surface area contributed by atoms with Gasteiger partial charge in [-0.2, -0.15) is 0 Å². The molecule has 0 amide bonds. The fraction of sp³-hybridized carbons (Fsp3) is 0.471. The van der Waals surface area contributed by atoms with Gasteiger partial charge in [0.15, 0.2) is 35.4 Å². The predicted octanol–water partition coefficient (Wildman–Crippen LogP) is -1.42. The summed E-state index contributed by atoms with van der Waals surface area (Å²) < 4.78 is 47.7. The predicted molar refractivity (Wildman–Crippen MR) is 177 cm³/mol. The SMILES string of the molecule is COc1cc(/C=C\C(=O)OC2OC(COC3OC(CO)C(O)C(O)C3O)C(OC(=O)/C=C\c3cc(OC)c(O)c(OC)c3)C(O)C2O)cc(OC)c1O. The average molecular weight is 755 g/mol. The van der Waals surface area contributed by atoms with Gasteiger partial charge in [-0.15, -0.1) is 0 Å². The highest BCUT2D eigenvalue weighted by atomic mass is 16.7. The van der Waals surface area contributed by atoms with E-state index >= 15 is 0 Å². The number of carbonyl (C=O) groups excluding carboxylic acids is 2. The molecular formula is C34H42O19. The van der Waals surface area contributed by atoms with E-state index < -0.39 is 86.6 Å². The fourth-order valence-corrected chi connectivity index (χ4v) is 5.35. The van der Waals surface area contributed by atoms with Crippen LogP contribution in [-0.4, -0.2) is 156 Å². The molecule has 19 nitrogen and oxygen atoms in total. The number of hydrogen-bond donors (Lipinski definition) is 8. The van der Waals surface area contributed by atoms with Crippen LogP contribution in [0.15, 0.2) is 36.4 Å². The minimum atomic E-state index is -1.99. The molecule has 8 N–H and O–H groups in total. The third kappa shape index (κ3) is 9.65. The maximum atomic E-state index is 13.0. The Bertz CT molecular complexity index is 1570. The molecule has 0 aliphatic carbocycles. The third-order valence-electron chi connectivity index (χ3n) is 8.23. The molecular weight excluding hydrogens is 712 g/mol. The molecule has 10 atom stereocenters. The number of methoxy groups -OCH3 is 4. The first kappa shape index (κ1) is 41.1. The highest BCUT2D eigenvalue weighted by Crippen LogP contribution is 2.38. The second-order valence-electron chi connectivity index (χ2n) is 11.6. The molecule has 2 aliphatic heterocycles. The summed E-state index contributed by atoms with van der Waals surface area (Å²) in [7, 11) is 5.24. The van der Waals surface area contributed by atoms with Crippen molar-refractivity contribution < 1.29 is 93.1 Å². The van der Waals surface area contributed by atoms with Crippen molar-refractivity contribution in [3.8, 4) is 34.5 Å². The van der Waals surface area contributed by atoms with Crippen LogP contribution in [-0.2, 0) is 33.3 Å². The number of aromatic hydroxyl groups is 2. The summed E-state index contributed by atoms with van der Waals surface area (Å²) in [5.41, 5.74) is 0.675. The zero-order chi connectivity index (χ0) is 39.0. The first-order valence-electron chi connectivity index (χ1n) is 15.9. The summed E-state index contributed by atoms with van der Waals surface area (Å²) >= 11 is 0. The third-order valence-corrected chi connectivity index (χ3v) is 8.23. The van der Waals surface area contributed by atoms with Crippen molar-refractivity contribution in [2.24, 2.45) is 0 Å². The van der Waals surface area contributed by atoms with Crippen molar-refractivity contribution in [3.05, 3.63) is 47.5 Å². The van der Waals surface area contributed by atoms with Crippen LogP contribution in [0.5, 0.6) is 34.5 Å². The van der Waals surface area contributed by atoms with E-state index in [-0.39, 0.29) is 34.5 Å². The number of rotatable bonds is 14. The molecule has 2 heterocycles. The summed E-state index contributed by atoms with van der Waals surface area (Å²) in [5, 5.41) is 82.5. The average Bonchev–Trinajstić information content (AvgIpc) is 3.15. The van der Waals surface area contributed by atoms with Gasteiger partial charge < -0.3 is 83.5 Å². The Morgan fingerprint density at radius 3 is 1.51 bits per heavy atom. The van der Waals surface area contributed by atoms with Crippen molar-refractivity contribution in [2.45, 2.75) is 61.4 Å². The molecule has 2 aromatic rings. The highest BCUT2D eigenvalue weighted by molar-refractivity contribution is 5.88. The van der Waals surface area contributed by atoms with Gasteiger partial charge in [0, 0.05) is 12.2 Å². The van der Waals surface area contributed by atoms with Gasteiger partial charge in [-0.25, -0.2) is 9.59 Å². The van der Waals surface area contributed by atoms with E-state index in [1.165, 1.54) is 64.9 Å². The van der Waals surface area contributed by atoms with Crippen LogP contribution >= 0.6 is 0 Å². The van der Waals surface area contributed by atoms with Crippen LogP contribution in [0.25, 0.3) is 12.2 Å². The highest BCUT2D eigenvalue weighted by Gasteiger charge is 2.50. The lowest BCUT2D eigenvalue weighted by Crippen LogP contribution is -2.62. The second kappa shape index (κ2) is 18.4. The minimum absolute atomic E-state index is 0.0416. The van der Waals surface area contributed by atoms with Crippen molar-refractivity contribution >= 4 is 24.1 Å². The van der Waals surface area contributed by atoms with E-state index in [1.807, 2.05) is 0 Å². The standard InChI is InChI=1S/C34H42O19/c1-45-17-9-15(10-18(46-2)25(17)38)5-7-23(36)52-32-22(14-49-33-30(43)28(41)27(40)21(13-35)50-33)51-34(31(44)29(32)42)53-24(37)8-6-16-11-19(47-3)26(39)20(12-16)48-4/h5-12,21-22,27-35,38-44H,13-14H2,1-4H3/b7-5-,8-6-. The minimum Gasteiger partial charge on any atom is -0.502 e. The van der Waals surface area contributed by atoms with E-state index in [0.29, 0.717) is 11.1 Å². The van der Waals surface area contributed by atoms with Crippen LogP contribution < -0.4 is 18.9 Å². The van der Waals surface area contributed by atoms with Crippen molar-refractivity contribution in [3.63, 3.8) is 0 Å². The Labute approximate surface area is 302 Å². The number of carbonyl (C=O) groups is 2. The number of benzene rings is 2. The molecule has 292 valence electrons. The maximum absolute atomic E-state index is 13.0. The number of aliphatic hydroxyl groups excluding tert-OH is 6. The van der Waals surface area contributed by atoms with Crippen LogP contribution in [0.2, 0.25) is 0 Å². The van der Waals surface area contributed by atoms with Gasteiger partial charge in [0.25, 0.3) is 0 Å². The molecule has 0 spiro atoms. The topological polar surface area (TPSA) is 279 Å². The van der Waals surface area contributed by atoms with Gasteiger partial charge in [-0.3, -0.25) is 0 Å². The Kier molecular flexibility index (Phi) is 14.2. The summed E-state index contributed by atoms with van der Waals surface area (Å²) in [6.45, 7) is -1.45. The van der Waals surface area contributed by atoms with Crippen LogP contribution in [0.1, 0.15) is 11.1 Å². The number of aliphatic hydroxyl groups is 6. The van der Waals surface area contributed by atoms with Crippen molar-refractivity contribution in [2.75, 3.05) is 41.7 Å². The molecule has 53 heavy (non-hydrogen) atoms. The Morgan fingerprint density at radius 1 is 0.623 bits per heavy atom. The Morgan fingerprint density at radius 2 is 1.06 bits per heavy atom. The monoisotopic (exact) mass is 754 g/mol. The molecule has 2 aromatic carbocycles. The lowest BCUT2D eigenvalue weighted by molar-refractivity contribution is -0.327. The largest absolute Gasteiger partial charge is 0.502 e. The lowest BCUT2D eigenvalue weighted by atomic mass is 9.98. The number of hydrogen-bond acceptors (Lipinski definition) is 19. The molecule has 0 radical (unpaired) electrons. The summed E-state index contributed by atoms with van der Waals surface area (Å²) in [6, 6.07) is 5.57. The van der Waals surface area contributed by atoms with E-state index in [0.717, 1.165) is 12.2 Å². The smallest absolute Gasteiger partial charge is 0.333 e. The van der Waals surface area contributed by atoms with Gasteiger partial charge in [0.1, 0.15) is 42.7 Å². The fourth-order valence-electron chi connectivity index (χ4n) is 5.35. The number of esters is 2. The summed E-state index contributed by atoms with van der Waals surface area (Å²) in [6.07, 6.45) is -13.0. The molecule has 19 heteroatoms. The molecule has 10 unspecified atom stereocenters. The number of phenols is 2. The normalized spacial score (nSPS) is 28.8. The van der Waals surface area contributed by atoms with Gasteiger partial charge in [-0.05, 0) is 47.5 Å². The quantitative estimate of drug-likeness (QED) is 0.0811. The molecule has 2 saturated heterocycles. The zero-order valence-electron chi connectivity index (χ0n) is 28.9. The second-order valence-corrected chi connectivity index (χ2v) is 11.6. The molecule has 0 bridgehead atoms. The van der Waals surface area contributed by atoms with Gasteiger partial charge in [0.05, 0.1) is 41.7 Å². The summed E-state index contributed by atoms with van der Waals surface area (Å²) in [4.78, 5) is 25.8. The van der Waals surface area contributed by atoms with Gasteiger partial charge in [0.2, 0.25) is 17.8 Å². The Hall–Kier alpha value is -4.70. The lowest BCUT2D eigenvalue weighted by Gasteiger charge is -2.43. The number of phenolic OH excluding ortho intramolecular Hbond substituents is 2.